The zero-order valence-electron chi connectivity index (χ0n) is 17.7. The van der Waals surface area contributed by atoms with Gasteiger partial charge < -0.3 is 4.74 Å². The minimum absolute atomic E-state index is 0.181. The molecule has 4 aliphatic carbocycles. The molecule has 0 unspecified atom stereocenters. The molecule has 0 amide bonds. The Kier molecular flexibility index (Phi) is 4.65. The Balaban J connectivity index is 1.42. The van der Waals surface area contributed by atoms with Crippen molar-refractivity contribution < 1.29 is 14.3 Å². The quantitative estimate of drug-likeness (QED) is 0.494. The Morgan fingerprint density at radius 1 is 1.07 bits per heavy atom. The molecule has 3 fully saturated rings. The molecule has 6 atom stereocenters. The molecule has 0 saturated heterocycles. The molecule has 3 heteroatoms. The van der Waals surface area contributed by atoms with Crippen LogP contribution in [0, 0.1) is 41.4 Å². The maximum atomic E-state index is 12.9. The van der Waals surface area contributed by atoms with Crippen LogP contribution in [0.15, 0.2) is 42.0 Å². The third-order valence-electron chi connectivity index (χ3n) is 8.93. The lowest BCUT2D eigenvalue weighted by Gasteiger charge is -2.55. The van der Waals surface area contributed by atoms with Crippen LogP contribution < -0.4 is 0 Å². The summed E-state index contributed by atoms with van der Waals surface area (Å²) in [6.45, 7) is 2.27. The molecule has 0 spiro atoms. The summed E-state index contributed by atoms with van der Waals surface area (Å²) >= 11 is 0. The van der Waals surface area contributed by atoms with Gasteiger partial charge in [-0.2, -0.15) is 0 Å². The summed E-state index contributed by atoms with van der Waals surface area (Å²) < 4.78 is 6.18. The smallest absolute Gasteiger partial charge is 0.339 e. The zero-order valence-corrected chi connectivity index (χ0v) is 17.7. The molecule has 0 aromatic heterocycles. The first-order valence-corrected chi connectivity index (χ1v) is 11.5. The van der Waals surface area contributed by atoms with Gasteiger partial charge in [0.05, 0.1) is 5.56 Å². The van der Waals surface area contributed by atoms with Crippen LogP contribution >= 0.6 is 0 Å². The van der Waals surface area contributed by atoms with E-state index in [2.05, 4.69) is 12.8 Å². The zero-order chi connectivity index (χ0) is 20.9. The van der Waals surface area contributed by atoms with Gasteiger partial charge in [0.25, 0.3) is 0 Å². The van der Waals surface area contributed by atoms with E-state index < -0.39 is 5.60 Å². The van der Waals surface area contributed by atoms with Gasteiger partial charge in [-0.3, -0.25) is 4.79 Å². The van der Waals surface area contributed by atoms with Gasteiger partial charge in [-0.25, -0.2) is 4.79 Å². The average molecular weight is 403 g/mol. The maximum absolute atomic E-state index is 12.9. The summed E-state index contributed by atoms with van der Waals surface area (Å²) in [7, 11) is 0. The van der Waals surface area contributed by atoms with Crippen LogP contribution in [0.4, 0.5) is 0 Å². The molecular weight excluding hydrogens is 372 g/mol. The van der Waals surface area contributed by atoms with Crippen molar-refractivity contribution in [3.05, 3.63) is 47.5 Å². The Labute approximate surface area is 179 Å². The van der Waals surface area contributed by atoms with E-state index in [-0.39, 0.29) is 11.4 Å². The van der Waals surface area contributed by atoms with Gasteiger partial charge in [-0.05, 0) is 86.8 Å². The van der Waals surface area contributed by atoms with Crippen molar-refractivity contribution in [3.8, 4) is 12.3 Å². The highest BCUT2D eigenvalue weighted by Crippen LogP contribution is 2.65. The van der Waals surface area contributed by atoms with Gasteiger partial charge in [0.15, 0.2) is 11.4 Å². The van der Waals surface area contributed by atoms with Crippen LogP contribution in [0.2, 0.25) is 0 Å². The minimum atomic E-state index is -0.825. The number of benzene rings is 1. The second-order valence-electron chi connectivity index (χ2n) is 10.0. The number of carbonyl (C=O) groups excluding carboxylic acids is 2. The van der Waals surface area contributed by atoms with Crippen molar-refractivity contribution in [2.75, 3.05) is 0 Å². The highest BCUT2D eigenvalue weighted by Gasteiger charge is 2.64. The fraction of sp³-hybridized carbons (Fsp3) is 0.556. The summed E-state index contributed by atoms with van der Waals surface area (Å²) in [6.07, 6.45) is 15.8. The minimum Gasteiger partial charge on any atom is -0.442 e. The third-order valence-corrected chi connectivity index (χ3v) is 8.93. The summed E-state index contributed by atoms with van der Waals surface area (Å²) in [4.78, 5) is 24.8. The lowest BCUT2D eigenvalue weighted by Crippen LogP contribution is -2.53. The Morgan fingerprint density at radius 2 is 1.87 bits per heavy atom. The molecule has 4 aliphatic rings. The Hall–Kier alpha value is -2.34. The van der Waals surface area contributed by atoms with Crippen LogP contribution in [-0.4, -0.2) is 17.4 Å². The largest absolute Gasteiger partial charge is 0.442 e. The normalized spacial score (nSPS) is 39.7. The van der Waals surface area contributed by atoms with Crippen molar-refractivity contribution in [3.63, 3.8) is 0 Å². The molecule has 0 aliphatic heterocycles. The number of fused-ring (bicyclic) bond motifs is 5. The van der Waals surface area contributed by atoms with Crippen molar-refractivity contribution >= 4 is 11.8 Å². The molecule has 5 rings (SSSR count). The third kappa shape index (κ3) is 2.80. The summed E-state index contributed by atoms with van der Waals surface area (Å²) in [6, 6.07) is 9.18. The Bertz CT molecular complexity index is 939. The molecule has 1 aromatic carbocycles. The van der Waals surface area contributed by atoms with Crippen LogP contribution in [0.25, 0.3) is 0 Å². The number of hydrogen-bond donors (Lipinski definition) is 0. The van der Waals surface area contributed by atoms with E-state index in [0.717, 1.165) is 44.9 Å². The van der Waals surface area contributed by atoms with E-state index >= 15 is 0 Å². The second kappa shape index (κ2) is 7.12. The molecule has 0 N–H and O–H groups in total. The van der Waals surface area contributed by atoms with Gasteiger partial charge >= 0.3 is 5.97 Å². The topological polar surface area (TPSA) is 43.4 Å². The molecule has 3 nitrogen and oxygen atoms in total. The highest BCUT2D eigenvalue weighted by atomic mass is 16.6. The lowest BCUT2D eigenvalue weighted by molar-refractivity contribution is -0.116. The van der Waals surface area contributed by atoms with Crippen molar-refractivity contribution in [1.82, 2.24) is 0 Å². The maximum Gasteiger partial charge on any atom is 0.339 e. The number of carbonyl (C=O) groups is 2. The van der Waals surface area contributed by atoms with E-state index in [1.165, 1.54) is 5.57 Å². The van der Waals surface area contributed by atoms with E-state index in [1.54, 1.807) is 12.1 Å². The van der Waals surface area contributed by atoms with Crippen LogP contribution in [0.1, 0.15) is 68.6 Å². The molecular formula is C27H30O3. The molecule has 1 aromatic rings. The molecule has 0 radical (unpaired) electrons. The predicted octanol–water partition coefficient (Wildman–Crippen LogP) is 5.36. The summed E-state index contributed by atoms with van der Waals surface area (Å²) in [5.41, 5.74) is 0.952. The number of esters is 1. The molecule has 30 heavy (non-hydrogen) atoms. The molecule has 3 saturated carbocycles. The van der Waals surface area contributed by atoms with Crippen molar-refractivity contribution in [2.24, 2.45) is 29.1 Å². The molecule has 156 valence electrons. The first kappa shape index (κ1) is 19.6. The monoisotopic (exact) mass is 402 g/mol. The van der Waals surface area contributed by atoms with Crippen molar-refractivity contribution in [1.29, 1.82) is 0 Å². The number of ether oxygens (including phenoxy) is 1. The first-order chi connectivity index (χ1) is 14.5. The van der Waals surface area contributed by atoms with E-state index in [4.69, 9.17) is 11.2 Å². The number of hydrogen-bond acceptors (Lipinski definition) is 3. The fourth-order valence-electron chi connectivity index (χ4n) is 7.40. The average Bonchev–Trinajstić information content (AvgIpc) is 3.06. The van der Waals surface area contributed by atoms with Gasteiger partial charge in [0.1, 0.15) is 0 Å². The van der Waals surface area contributed by atoms with Crippen LogP contribution in [0.5, 0.6) is 0 Å². The number of rotatable bonds is 2. The summed E-state index contributed by atoms with van der Waals surface area (Å²) in [5.74, 6) is 5.29. The van der Waals surface area contributed by atoms with Crippen LogP contribution in [0.3, 0.4) is 0 Å². The van der Waals surface area contributed by atoms with E-state index in [9.17, 15) is 9.59 Å². The number of allylic oxidation sites excluding steroid dienone is 1. The fourth-order valence-corrected chi connectivity index (χ4v) is 7.40. The number of ketones is 1. The molecule has 0 bridgehead atoms. The van der Waals surface area contributed by atoms with E-state index in [1.807, 2.05) is 24.3 Å². The second-order valence-corrected chi connectivity index (χ2v) is 10.0. The molecule has 0 heterocycles. The first-order valence-electron chi connectivity index (χ1n) is 11.5. The van der Waals surface area contributed by atoms with E-state index in [0.29, 0.717) is 41.4 Å². The predicted molar refractivity (Wildman–Crippen MR) is 116 cm³/mol. The highest BCUT2D eigenvalue weighted by molar-refractivity contribution is 5.91. The van der Waals surface area contributed by atoms with Gasteiger partial charge in [-0.1, -0.05) is 36.6 Å². The van der Waals surface area contributed by atoms with Gasteiger partial charge in [0, 0.05) is 11.8 Å². The van der Waals surface area contributed by atoms with Gasteiger partial charge in [0.2, 0.25) is 0 Å². The van der Waals surface area contributed by atoms with Crippen LogP contribution in [-0.2, 0) is 9.53 Å². The van der Waals surface area contributed by atoms with Gasteiger partial charge in [-0.15, -0.1) is 6.42 Å². The lowest BCUT2D eigenvalue weighted by atomic mass is 9.50. The van der Waals surface area contributed by atoms with Crippen molar-refractivity contribution in [2.45, 2.75) is 63.9 Å². The summed E-state index contributed by atoms with van der Waals surface area (Å²) in [5, 5.41) is 0. The Morgan fingerprint density at radius 3 is 2.63 bits per heavy atom. The standard InChI is InChI=1S/C27H30O3/c1-3-27(30-25(29)18-7-5-4-6-8-18)16-14-24-23-11-9-19-17-20(28)10-12-21(19)22(23)13-15-26(24,27)2/h1,4-8,17,21-24H,9-16H2,2H3/t21-,22+,23+,24-,26-,27-/m0/s1. The SMILES string of the molecule is C#C[C@]1(OC(=O)c2ccccc2)CC[C@H]2[C@@H]3CCC4=CC(=O)CC[C@@H]4[C@H]3CC[C@@]21C. The number of terminal acetylenes is 1.